The monoisotopic (exact) mass is 428 g/mol. The largest absolute Gasteiger partial charge is 0.497 e. The summed E-state index contributed by atoms with van der Waals surface area (Å²) in [6, 6.07) is 12.7. The lowest BCUT2D eigenvalue weighted by molar-refractivity contribution is -0.122. The Bertz CT molecular complexity index is 852. The summed E-state index contributed by atoms with van der Waals surface area (Å²) in [7, 11) is 1.59. The van der Waals surface area contributed by atoms with E-state index in [-0.39, 0.29) is 18.2 Å². The highest BCUT2D eigenvalue weighted by Crippen LogP contribution is 2.28. The molecule has 0 saturated carbocycles. The molecule has 7 nitrogen and oxygen atoms in total. The Labute approximate surface area is 184 Å². The third-order valence-corrected chi connectivity index (χ3v) is 4.63. The first-order chi connectivity index (χ1) is 15.0. The number of nitrogens with one attached hydrogen (secondary N) is 2. The summed E-state index contributed by atoms with van der Waals surface area (Å²) < 4.78 is 16.4. The second-order valence-corrected chi connectivity index (χ2v) is 6.98. The molecule has 0 fully saturated rings. The van der Waals surface area contributed by atoms with Crippen LogP contribution in [-0.4, -0.2) is 38.7 Å². The van der Waals surface area contributed by atoms with Crippen molar-refractivity contribution in [1.82, 2.24) is 10.6 Å². The SMILES string of the molecule is CCOc1ccc(CCNC(=O)CC(NC(C)=O)c2ccc(OC)cc2)cc1OCC. The highest BCUT2D eigenvalue weighted by atomic mass is 16.5. The highest BCUT2D eigenvalue weighted by molar-refractivity contribution is 5.79. The molecule has 0 radical (unpaired) electrons. The Kier molecular flexibility index (Phi) is 9.68. The number of hydrogen-bond donors (Lipinski definition) is 2. The zero-order chi connectivity index (χ0) is 22.6. The van der Waals surface area contributed by atoms with Crippen LogP contribution in [0.4, 0.5) is 0 Å². The summed E-state index contributed by atoms with van der Waals surface area (Å²) >= 11 is 0. The summed E-state index contributed by atoms with van der Waals surface area (Å²) in [4.78, 5) is 24.1. The first-order valence-corrected chi connectivity index (χ1v) is 10.5. The minimum Gasteiger partial charge on any atom is -0.497 e. The summed E-state index contributed by atoms with van der Waals surface area (Å²) in [5, 5.41) is 5.77. The van der Waals surface area contributed by atoms with Crippen LogP contribution in [0.15, 0.2) is 42.5 Å². The molecule has 168 valence electrons. The molecular formula is C24H32N2O5. The molecule has 0 aromatic heterocycles. The molecule has 2 aromatic carbocycles. The number of hydrogen-bond acceptors (Lipinski definition) is 5. The predicted molar refractivity (Wildman–Crippen MR) is 120 cm³/mol. The first-order valence-electron chi connectivity index (χ1n) is 10.5. The minimum atomic E-state index is -0.404. The molecule has 31 heavy (non-hydrogen) atoms. The van der Waals surface area contributed by atoms with Crippen molar-refractivity contribution in [2.45, 2.75) is 39.7 Å². The molecule has 0 spiro atoms. The molecule has 1 unspecified atom stereocenters. The molecule has 0 bridgehead atoms. The number of amides is 2. The van der Waals surface area contributed by atoms with E-state index >= 15 is 0 Å². The topological polar surface area (TPSA) is 85.9 Å². The van der Waals surface area contributed by atoms with E-state index in [0.717, 1.165) is 22.6 Å². The number of carbonyl (C=O) groups is 2. The standard InChI is InChI=1S/C24H32N2O5/c1-5-30-22-12-7-18(15-23(22)31-6-2)13-14-25-24(28)16-21(26-17(3)27)19-8-10-20(29-4)11-9-19/h7-12,15,21H,5-6,13-14,16H2,1-4H3,(H,25,28)(H,26,27). The van der Waals surface area contributed by atoms with E-state index < -0.39 is 6.04 Å². The van der Waals surface area contributed by atoms with Gasteiger partial charge < -0.3 is 24.8 Å². The number of methoxy groups -OCH3 is 1. The maximum atomic E-state index is 12.5. The van der Waals surface area contributed by atoms with Crippen LogP contribution in [0.5, 0.6) is 17.2 Å². The summed E-state index contributed by atoms with van der Waals surface area (Å²) in [6.45, 7) is 6.90. The van der Waals surface area contributed by atoms with E-state index in [0.29, 0.717) is 31.9 Å². The van der Waals surface area contributed by atoms with Gasteiger partial charge in [0.2, 0.25) is 11.8 Å². The smallest absolute Gasteiger partial charge is 0.222 e. The van der Waals surface area contributed by atoms with Gasteiger partial charge in [-0.1, -0.05) is 18.2 Å². The van der Waals surface area contributed by atoms with Crippen LogP contribution in [-0.2, 0) is 16.0 Å². The molecule has 2 aromatic rings. The fourth-order valence-corrected chi connectivity index (χ4v) is 3.19. The second-order valence-electron chi connectivity index (χ2n) is 6.98. The molecule has 0 aliphatic rings. The van der Waals surface area contributed by atoms with Gasteiger partial charge in [-0.2, -0.15) is 0 Å². The number of ether oxygens (including phenoxy) is 3. The normalized spacial score (nSPS) is 11.4. The molecular weight excluding hydrogens is 396 g/mol. The Hall–Kier alpha value is -3.22. The van der Waals surface area contributed by atoms with Gasteiger partial charge in [0.1, 0.15) is 5.75 Å². The molecule has 7 heteroatoms. The van der Waals surface area contributed by atoms with Crippen molar-refractivity contribution < 1.29 is 23.8 Å². The van der Waals surface area contributed by atoms with Gasteiger partial charge in [0.25, 0.3) is 0 Å². The van der Waals surface area contributed by atoms with E-state index in [9.17, 15) is 9.59 Å². The van der Waals surface area contributed by atoms with Crippen molar-refractivity contribution in [3.05, 3.63) is 53.6 Å². The molecule has 2 amide bonds. The third-order valence-electron chi connectivity index (χ3n) is 4.63. The average Bonchev–Trinajstić information content (AvgIpc) is 2.75. The van der Waals surface area contributed by atoms with Crippen molar-refractivity contribution in [3.8, 4) is 17.2 Å². The Morgan fingerprint density at radius 2 is 1.65 bits per heavy atom. The highest BCUT2D eigenvalue weighted by Gasteiger charge is 2.17. The van der Waals surface area contributed by atoms with Gasteiger partial charge in [0, 0.05) is 13.5 Å². The fraction of sp³-hybridized carbons (Fsp3) is 0.417. The third kappa shape index (κ3) is 7.85. The second kappa shape index (κ2) is 12.5. The summed E-state index contributed by atoms with van der Waals surface area (Å²) in [6.07, 6.45) is 0.810. The fourth-order valence-electron chi connectivity index (χ4n) is 3.19. The Morgan fingerprint density at radius 3 is 2.26 bits per heavy atom. The lowest BCUT2D eigenvalue weighted by Gasteiger charge is -2.18. The number of benzene rings is 2. The van der Waals surface area contributed by atoms with E-state index in [4.69, 9.17) is 14.2 Å². The average molecular weight is 429 g/mol. The van der Waals surface area contributed by atoms with Gasteiger partial charge >= 0.3 is 0 Å². The Morgan fingerprint density at radius 1 is 0.968 bits per heavy atom. The Balaban J connectivity index is 1.94. The van der Waals surface area contributed by atoms with E-state index in [1.54, 1.807) is 7.11 Å². The number of rotatable bonds is 12. The minimum absolute atomic E-state index is 0.134. The lowest BCUT2D eigenvalue weighted by atomic mass is 10.0. The molecule has 0 saturated heterocycles. The van der Waals surface area contributed by atoms with Crippen LogP contribution in [0.25, 0.3) is 0 Å². The van der Waals surface area contributed by atoms with Gasteiger partial charge in [-0.15, -0.1) is 0 Å². The predicted octanol–water partition coefficient (Wildman–Crippen LogP) is 3.42. The molecule has 0 heterocycles. The van der Waals surface area contributed by atoms with Crippen LogP contribution in [0, 0.1) is 0 Å². The molecule has 1 atom stereocenters. The van der Waals surface area contributed by atoms with Crippen LogP contribution in [0.3, 0.4) is 0 Å². The molecule has 2 rings (SSSR count). The zero-order valence-electron chi connectivity index (χ0n) is 18.7. The van der Waals surface area contributed by atoms with Crippen molar-refractivity contribution in [1.29, 1.82) is 0 Å². The van der Waals surface area contributed by atoms with Crippen molar-refractivity contribution >= 4 is 11.8 Å². The zero-order valence-corrected chi connectivity index (χ0v) is 18.7. The summed E-state index contributed by atoms with van der Waals surface area (Å²) in [5.41, 5.74) is 1.89. The summed E-state index contributed by atoms with van der Waals surface area (Å²) in [5.74, 6) is 1.82. The molecule has 0 aliphatic carbocycles. The van der Waals surface area contributed by atoms with Crippen LogP contribution < -0.4 is 24.8 Å². The van der Waals surface area contributed by atoms with Gasteiger partial charge in [-0.3, -0.25) is 9.59 Å². The molecule has 0 aliphatic heterocycles. The van der Waals surface area contributed by atoms with Gasteiger partial charge in [-0.25, -0.2) is 0 Å². The van der Waals surface area contributed by atoms with Gasteiger partial charge in [0.05, 0.1) is 32.8 Å². The maximum Gasteiger partial charge on any atom is 0.222 e. The van der Waals surface area contributed by atoms with Crippen molar-refractivity contribution in [2.75, 3.05) is 26.9 Å². The maximum absolute atomic E-state index is 12.5. The quantitative estimate of drug-likeness (QED) is 0.541. The van der Waals surface area contributed by atoms with Crippen LogP contribution in [0.2, 0.25) is 0 Å². The van der Waals surface area contributed by atoms with Gasteiger partial charge in [-0.05, 0) is 55.7 Å². The first kappa shape index (κ1) is 24.1. The van der Waals surface area contributed by atoms with Gasteiger partial charge in [0.15, 0.2) is 11.5 Å². The van der Waals surface area contributed by atoms with E-state index in [1.807, 2.05) is 56.3 Å². The molecule has 2 N–H and O–H groups in total. The van der Waals surface area contributed by atoms with E-state index in [2.05, 4.69) is 10.6 Å². The lowest BCUT2D eigenvalue weighted by Crippen LogP contribution is -2.33. The van der Waals surface area contributed by atoms with E-state index in [1.165, 1.54) is 6.92 Å². The van der Waals surface area contributed by atoms with Crippen molar-refractivity contribution in [2.24, 2.45) is 0 Å². The number of carbonyl (C=O) groups excluding carboxylic acids is 2. The van der Waals surface area contributed by atoms with Crippen LogP contribution in [0.1, 0.15) is 44.4 Å². The van der Waals surface area contributed by atoms with Crippen LogP contribution >= 0.6 is 0 Å². The van der Waals surface area contributed by atoms with Crippen molar-refractivity contribution in [3.63, 3.8) is 0 Å².